The Morgan fingerprint density at radius 2 is 2.11 bits per heavy atom. The van der Waals surface area contributed by atoms with Gasteiger partial charge in [-0.15, -0.1) is 0 Å². The molecule has 0 rings (SSSR count). The zero-order valence-electron chi connectivity index (χ0n) is 5.63. The Morgan fingerprint density at radius 1 is 1.78 bits per heavy atom. The highest BCUT2D eigenvalue weighted by molar-refractivity contribution is 7.80. The summed E-state index contributed by atoms with van der Waals surface area (Å²) in [5.41, 5.74) is 0. The number of hydrogen-bond acceptors (Lipinski definition) is 3. The van der Waals surface area contributed by atoms with Crippen LogP contribution >= 0.6 is 12.6 Å². The standard InChI is InChI=1S/C3H8OS.C2H4O2/c1-4-2-3-5;1-2(3)4/h5H,2-3H2,1H3;1H3,(H,3,4). The molecule has 0 amide bonds. The lowest BCUT2D eigenvalue weighted by atomic mass is 10.9. The highest BCUT2D eigenvalue weighted by Gasteiger charge is 1.66. The van der Waals surface area contributed by atoms with E-state index in [1.807, 2.05) is 0 Å². The Labute approximate surface area is 60.4 Å². The van der Waals surface area contributed by atoms with Crippen LogP contribution in [0.5, 0.6) is 0 Å². The van der Waals surface area contributed by atoms with Gasteiger partial charge in [-0.3, -0.25) is 4.79 Å². The first-order chi connectivity index (χ1) is 4.15. The lowest BCUT2D eigenvalue weighted by Crippen LogP contribution is -1.85. The van der Waals surface area contributed by atoms with Crippen LogP contribution in [-0.2, 0) is 9.53 Å². The number of ether oxygens (including phenoxy) is 1. The van der Waals surface area contributed by atoms with E-state index >= 15 is 0 Å². The van der Waals surface area contributed by atoms with Gasteiger partial charge in [0.2, 0.25) is 0 Å². The Hall–Kier alpha value is -0.220. The Balaban J connectivity index is 0. The fraction of sp³-hybridized carbons (Fsp3) is 0.800. The molecule has 0 atom stereocenters. The molecule has 0 bridgehead atoms. The molecule has 0 aliphatic carbocycles. The predicted octanol–water partition coefficient (Wildman–Crippen LogP) is 0.653. The molecule has 0 aromatic carbocycles. The molecule has 0 spiro atoms. The van der Waals surface area contributed by atoms with Crippen LogP contribution in [0.25, 0.3) is 0 Å². The van der Waals surface area contributed by atoms with E-state index in [2.05, 4.69) is 17.4 Å². The lowest BCUT2D eigenvalue weighted by Gasteiger charge is -1.84. The van der Waals surface area contributed by atoms with E-state index in [0.717, 1.165) is 19.3 Å². The monoisotopic (exact) mass is 152 g/mol. The van der Waals surface area contributed by atoms with E-state index in [4.69, 9.17) is 9.90 Å². The minimum Gasteiger partial charge on any atom is -0.481 e. The van der Waals surface area contributed by atoms with Crippen LogP contribution < -0.4 is 0 Å². The van der Waals surface area contributed by atoms with Crippen LogP contribution in [0.4, 0.5) is 0 Å². The van der Waals surface area contributed by atoms with Gasteiger partial charge < -0.3 is 9.84 Å². The van der Waals surface area contributed by atoms with Crippen LogP contribution in [0.15, 0.2) is 0 Å². The zero-order chi connectivity index (χ0) is 7.70. The average Bonchev–Trinajstić information content (AvgIpc) is 1.66. The maximum absolute atomic E-state index is 9.00. The van der Waals surface area contributed by atoms with Gasteiger partial charge in [0.25, 0.3) is 5.97 Å². The van der Waals surface area contributed by atoms with Crippen molar-refractivity contribution >= 4 is 18.6 Å². The molecule has 3 nitrogen and oxygen atoms in total. The molecule has 0 heterocycles. The van der Waals surface area contributed by atoms with Crippen molar-refractivity contribution in [2.24, 2.45) is 0 Å². The maximum atomic E-state index is 9.00. The predicted molar refractivity (Wildman–Crippen MR) is 39.0 cm³/mol. The summed E-state index contributed by atoms with van der Waals surface area (Å²) in [4.78, 5) is 9.00. The number of carboxylic acids is 1. The molecule has 0 radical (unpaired) electrons. The van der Waals surface area contributed by atoms with Crippen molar-refractivity contribution in [3.63, 3.8) is 0 Å². The zero-order valence-corrected chi connectivity index (χ0v) is 6.52. The first-order valence-electron chi connectivity index (χ1n) is 2.44. The molecule has 0 saturated heterocycles. The first kappa shape index (κ1) is 11.6. The molecule has 0 aromatic rings. The van der Waals surface area contributed by atoms with Gasteiger partial charge in [0.1, 0.15) is 0 Å². The summed E-state index contributed by atoms with van der Waals surface area (Å²) in [6.07, 6.45) is 0. The van der Waals surface area contributed by atoms with Gasteiger partial charge in [0.15, 0.2) is 0 Å². The number of rotatable bonds is 2. The summed E-state index contributed by atoms with van der Waals surface area (Å²) in [5.74, 6) is -0.0174. The van der Waals surface area contributed by atoms with Gasteiger partial charge in [-0.05, 0) is 0 Å². The Bertz CT molecular complexity index is 59.2. The quantitative estimate of drug-likeness (QED) is 0.571. The summed E-state index contributed by atoms with van der Waals surface area (Å²) in [6, 6.07) is 0. The normalized spacial score (nSPS) is 7.44. The molecule has 0 fully saturated rings. The van der Waals surface area contributed by atoms with E-state index in [0.29, 0.717) is 0 Å². The number of aliphatic carboxylic acids is 1. The molecular weight excluding hydrogens is 140 g/mol. The fourth-order valence-corrected chi connectivity index (χ4v) is 0.274. The minimum absolute atomic E-state index is 0.753. The van der Waals surface area contributed by atoms with Gasteiger partial charge in [0.05, 0.1) is 6.61 Å². The molecule has 0 saturated carbocycles. The van der Waals surface area contributed by atoms with E-state index in [1.165, 1.54) is 0 Å². The molecule has 1 N–H and O–H groups in total. The molecule has 0 aliphatic rings. The summed E-state index contributed by atoms with van der Waals surface area (Å²) < 4.78 is 4.61. The second-order valence-electron chi connectivity index (χ2n) is 1.24. The van der Waals surface area contributed by atoms with Crippen molar-refractivity contribution < 1.29 is 14.6 Å². The average molecular weight is 152 g/mol. The summed E-state index contributed by atoms with van der Waals surface area (Å²) in [6.45, 7) is 1.84. The Morgan fingerprint density at radius 3 is 2.11 bits per heavy atom. The largest absolute Gasteiger partial charge is 0.481 e. The first-order valence-corrected chi connectivity index (χ1v) is 3.07. The van der Waals surface area contributed by atoms with Gasteiger partial charge in [-0.2, -0.15) is 12.6 Å². The van der Waals surface area contributed by atoms with Crippen molar-refractivity contribution in [1.82, 2.24) is 0 Å². The van der Waals surface area contributed by atoms with Crippen LogP contribution in [0.2, 0.25) is 0 Å². The maximum Gasteiger partial charge on any atom is 0.300 e. The molecule has 4 heteroatoms. The number of carbonyl (C=O) groups is 1. The second-order valence-corrected chi connectivity index (χ2v) is 1.68. The van der Waals surface area contributed by atoms with Gasteiger partial charge in [-0.25, -0.2) is 0 Å². The van der Waals surface area contributed by atoms with Gasteiger partial charge in [-0.1, -0.05) is 0 Å². The highest BCUT2D eigenvalue weighted by atomic mass is 32.1. The van der Waals surface area contributed by atoms with E-state index in [-0.39, 0.29) is 0 Å². The molecule has 0 aliphatic heterocycles. The number of methoxy groups -OCH3 is 1. The molecular formula is C5H12O3S. The van der Waals surface area contributed by atoms with Crippen LogP contribution in [0.1, 0.15) is 6.92 Å². The van der Waals surface area contributed by atoms with Crippen molar-refractivity contribution in [2.45, 2.75) is 6.92 Å². The SMILES string of the molecule is CC(=O)O.COCCS. The van der Waals surface area contributed by atoms with Crippen molar-refractivity contribution in [2.75, 3.05) is 19.5 Å². The van der Waals surface area contributed by atoms with Gasteiger partial charge in [0, 0.05) is 19.8 Å². The molecule has 9 heavy (non-hydrogen) atoms. The Kier molecular flexibility index (Phi) is 13.8. The highest BCUT2D eigenvalue weighted by Crippen LogP contribution is 1.69. The minimum atomic E-state index is -0.833. The fourth-order valence-electron chi connectivity index (χ4n) is 0.0913. The number of thiol groups is 1. The van der Waals surface area contributed by atoms with Crippen molar-refractivity contribution in [1.29, 1.82) is 0 Å². The smallest absolute Gasteiger partial charge is 0.300 e. The third-order valence-corrected chi connectivity index (χ3v) is 0.478. The summed E-state index contributed by atoms with van der Waals surface area (Å²) >= 11 is 3.88. The van der Waals surface area contributed by atoms with Crippen LogP contribution in [0, 0.1) is 0 Å². The second kappa shape index (κ2) is 10.7. The van der Waals surface area contributed by atoms with Crippen molar-refractivity contribution in [3.8, 4) is 0 Å². The summed E-state index contributed by atoms with van der Waals surface area (Å²) in [5, 5.41) is 7.42. The van der Waals surface area contributed by atoms with E-state index in [9.17, 15) is 0 Å². The van der Waals surface area contributed by atoms with E-state index < -0.39 is 5.97 Å². The third kappa shape index (κ3) is 82.0. The number of carboxylic acid groups (broad SMARTS) is 1. The van der Waals surface area contributed by atoms with E-state index in [1.54, 1.807) is 7.11 Å². The van der Waals surface area contributed by atoms with Crippen LogP contribution in [0.3, 0.4) is 0 Å². The van der Waals surface area contributed by atoms with Crippen molar-refractivity contribution in [3.05, 3.63) is 0 Å². The number of hydrogen-bond donors (Lipinski definition) is 2. The topological polar surface area (TPSA) is 46.5 Å². The van der Waals surface area contributed by atoms with Gasteiger partial charge >= 0.3 is 0 Å². The molecule has 0 unspecified atom stereocenters. The lowest BCUT2D eigenvalue weighted by molar-refractivity contribution is -0.134. The molecule has 0 aromatic heterocycles. The third-order valence-electron chi connectivity index (χ3n) is 0.295. The van der Waals surface area contributed by atoms with Crippen LogP contribution in [-0.4, -0.2) is 30.5 Å². The summed E-state index contributed by atoms with van der Waals surface area (Å²) in [7, 11) is 1.66. The molecule has 56 valence electrons.